The summed E-state index contributed by atoms with van der Waals surface area (Å²) in [5.74, 6) is 1.50. The second-order valence-corrected chi connectivity index (χ2v) is 14.3. The van der Waals surface area contributed by atoms with Gasteiger partial charge in [-0.05, 0) is 100 Å². The smallest absolute Gasteiger partial charge is 0.0765 e. The van der Waals surface area contributed by atoms with Crippen LogP contribution in [0.4, 0.5) is 0 Å². The predicted molar refractivity (Wildman–Crippen MR) is 152 cm³/mol. The summed E-state index contributed by atoms with van der Waals surface area (Å²) in [6.45, 7) is 9.59. The lowest BCUT2D eigenvalue weighted by atomic mass is 9.53. The Morgan fingerprint density at radius 2 is 1.92 bits per heavy atom. The highest BCUT2D eigenvalue weighted by molar-refractivity contribution is 5.38. The molecule has 2 aliphatic heterocycles. The summed E-state index contributed by atoms with van der Waals surface area (Å²) < 4.78 is 7.22. The van der Waals surface area contributed by atoms with E-state index in [1.54, 1.807) is 11.1 Å². The monoisotopic (exact) mass is 516 g/mol. The van der Waals surface area contributed by atoms with Gasteiger partial charge in [-0.1, -0.05) is 67.0 Å². The number of ether oxygens (including phenoxy) is 1. The average Bonchev–Trinajstić information content (AvgIpc) is 3.30. The first-order valence-electron chi connectivity index (χ1n) is 15.6. The topological polar surface area (TPSA) is 58.7 Å². The van der Waals surface area contributed by atoms with E-state index in [4.69, 9.17) is 10.5 Å². The number of nitrogens with zero attached hydrogens (tertiary/aromatic N) is 1. The Hall–Kier alpha value is -1.46. The molecular weight excluding hydrogens is 468 g/mol. The second-order valence-electron chi connectivity index (χ2n) is 14.3. The molecule has 3 N–H and O–H groups in total. The summed E-state index contributed by atoms with van der Waals surface area (Å²) in [6.07, 6.45) is 13.3. The molecule has 9 atom stereocenters. The van der Waals surface area contributed by atoms with Crippen LogP contribution in [0.2, 0.25) is 0 Å². The quantitative estimate of drug-likeness (QED) is 0.464. The van der Waals surface area contributed by atoms with Crippen molar-refractivity contribution in [3.63, 3.8) is 0 Å². The first kappa shape index (κ1) is 25.5. The average molecular weight is 517 g/mol. The Kier molecular flexibility index (Phi) is 6.06. The van der Waals surface area contributed by atoms with Crippen molar-refractivity contribution in [1.82, 2.24) is 4.90 Å². The molecule has 1 aromatic rings. The first-order valence-corrected chi connectivity index (χ1v) is 15.6. The molecule has 6 aliphatic rings. The van der Waals surface area contributed by atoms with Crippen LogP contribution < -0.4 is 5.73 Å². The molecule has 7 rings (SSSR count). The summed E-state index contributed by atoms with van der Waals surface area (Å²) in [4.78, 5) is 2.74. The van der Waals surface area contributed by atoms with Crippen LogP contribution in [0.15, 0.2) is 53.1 Å². The number of aliphatic hydroxyl groups is 1. The minimum absolute atomic E-state index is 0.0551. The van der Waals surface area contributed by atoms with E-state index in [9.17, 15) is 5.11 Å². The van der Waals surface area contributed by atoms with Crippen molar-refractivity contribution < 1.29 is 9.84 Å². The van der Waals surface area contributed by atoms with E-state index in [1.165, 1.54) is 36.9 Å². The molecule has 4 nitrogen and oxygen atoms in total. The first-order chi connectivity index (χ1) is 18.2. The van der Waals surface area contributed by atoms with Crippen LogP contribution in [-0.2, 0) is 11.3 Å². The maximum Gasteiger partial charge on any atom is 0.0765 e. The summed E-state index contributed by atoms with van der Waals surface area (Å²) in [5.41, 5.74) is 13.7. The highest BCUT2D eigenvalue weighted by atomic mass is 16.5. The number of aliphatic hydroxyl groups excluding tert-OH is 1. The maximum atomic E-state index is 10.4. The van der Waals surface area contributed by atoms with Gasteiger partial charge in [0.25, 0.3) is 0 Å². The standard InChI is InChI=1S/C34H48N2O2/c1-22-20-33(23(2)31-29(38-33)10-7-17-36(31)21-24-8-5-4-6-9-24)15-13-28-27(22)19-30-32(3)14-12-26(37)18-25(32)11-16-34(28,30)35/h4-6,8-9,18,23,26,28-31,37H,7,10-17,19-21,35H2,1-3H3. The minimum Gasteiger partial charge on any atom is -0.389 e. The number of likely N-dealkylation sites (tertiary alicyclic amines) is 1. The number of nitrogens with two attached hydrogens (primary N) is 1. The van der Waals surface area contributed by atoms with E-state index in [2.05, 4.69) is 62.1 Å². The second kappa shape index (κ2) is 9.03. The number of fused-ring (bicyclic) bond motifs is 6. The highest BCUT2D eigenvalue weighted by Crippen LogP contribution is 2.65. The molecule has 0 radical (unpaired) electrons. The summed E-state index contributed by atoms with van der Waals surface area (Å²) in [6, 6.07) is 11.5. The van der Waals surface area contributed by atoms with Gasteiger partial charge in [0.15, 0.2) is 0 Å². The summed E-state index contributed by atoms with van der Waals surface area (Å²) in [5, 5.41) is 10.4. The third kappa shape index (κ3) is 3.70. The Labute approximate surface area is 229 Å². The van der Waals surface area contributed by atoms with Gasteiger partial charge in [-0.15, -0.1) is 0 Å². The highest BCUT2D eigenvalue weighted by Gasteiger charge is 2.63. The Morgan fingerprint density at radius 1 is 1.11 bits per heavy atom. The van der Waals surface area contributed by atoms with E-state index in [1.807, 2.05) is 0 Å². The van der Waals surface area contributed by atoms with Gasteiger partial charge in [0.05, 0.1) is 17.8 Å². The molecule has 38 heavy (non-hydrogen) atoms. The molecule has 0 aromatic heterocycles. The number of piperidine rings is 1. The third-order valence-corrected chi connectivity index (χ3v) is 12.5. The van der Waals surface area contributed by atoms with Crippen molar-refractivity contribution in [3.8, 4) is 0 Å². The molecule has 4 aliphatic carbocycles. The van der Waals surface area contributed by atoms with Crippen molar-refractivity contribution in [2.45, 2.75) is 121 Å². The van der Waals surface area contributed by atoms with Crippen molar-refractivity contribution in [1.29, 1.82) is 0 Å². The number of allylic oxidation sites excluding steroid dienone is 1. The lowest BCUT2D eigenvalue weighted by molar-refractivity contribution is -0.0739. The number of benzene rings is 1. The minimum atomic E-state index is -0.262. The van der Waals surface area contributed by atoms with Gasteiger partial charge in [0.2, 0.25) is 0 Å². The fourth-order valence-corrected chi connectivity index (χ4v) is 10.5. The molecule has 4 heteroatoms. The van der Waals surface area contributed by atoms with Gasteiger partial charge >= 0.3 is 0 Å². The summed E-state index contributed by atoms with van der Waals surface area (Å²) in [7, 11) is 0. The Balaban J connectivity index is 1.17. The molecule has 2 saturated carbocycles. The predicted octanol–water partition coefficient (Wildman–Crippen LogP) is 6.14. The molecule has 0 amide bonds. The van der Waals surface area contributed by atoms with Crippen LogP contribution in [0, 0.1) is 23.2 Å². The van der Waals surface area contributed by atoms with Gasteiger partial charge < -0.3 is 15.6 Å². The Morgan fingerprint density at radius 3 is 2.74 bits per heavy atom. The van der Waals surface area contributed by atoms with E-state index in [0.29, 0.717) is 29.9 Å². The van der Waals surface area contributed by atoms with Crippen molar-refractivity contribution in [2.24, 2.45) is 28.9 Å². The molecule has 206 valence electrons. The fourth-order valence-electron chi connectivity index (χ4n) is 10.5. The fraction of sp³-hybridized carbons (Fsp3) is 0.706. The Bertz CT molecular complexity index is 1140. The third-order valence-electron chi connectivity index (χ3n) is 12.5. The van der Waals surface area contributed by atoms with E-state index in [0.717, 1.165) is 51.5 Å². The summed E-state index contributed by atoms with van der Waals surface area (Å²) >= 11 is 0. The normalized spacial score (nSPS) is 46.7. The molecule has 1 spiro atoms. The number of hydrogen-bond acceptors (Lipinski definition) is 4. The molecular formula is C34H48N2O2. The van der Waals surface area contributed by atoms with E-state index >= 15 is 0 Å². The van der Waals surface area contributed by atoms with Crippen molar-refractivity contribution >= 4 is 0 Å². The van der Waals surface area contributed by atoms with Gasteiger partial charge in [-0.2, -0.15) is 0 Å². The molecule has 1 aromatic carbocycles. The van der Waals surface area contributed by atoms with Crippen LogP contribution in [-0.4, -0.2) is 45.9 Å². The van der Waals surface area contributed by atoms with Crippen LogP contribution in [0.1, 0.15) is 90.5 Å². The van der Waals surface area contributed by atoms with Crippen molar-refractivity contribution in [2.75, 3.05) is 6.54 Å². The van der Waals surface area contributed by atoms with E-state index < -0.39 is 0 Å². The maximum absolute atomic E-state index is 10.4. The molecule has 0 bridgehead atoms. The SMILES string of the molecule is CC1=C2CC3C4(C)CCC(O)C=C4CCC3(N)C2CCC2(C1)OC1CCCN(Cc3ccccc3)C1C2C. The van der Waals surface area contributed by atoms with Gasteiger partial charge in [0, 0.05) is 24.0 Å². The van der Waals surface area contributed by atoms with Crippen LogP contribution >= 0.6 is 0 Å². The number of rotatable bonds is 2. The van der Waals surface area contributed by atoms with Crippen molar-refractivity contribution in [3.05, 3.63) is 58.7 Å². The molecule has 4 fully saturated rings. The molecule has 9 unspecified atom stereocenters. The lowest BCUT2D eigenvalue weighted by Gasteiger charge is -2.54. The largest absolute Gasteiger partial charge is 0.389 e. The lowest BCUT2D eigenvalue weighted by Crippen LogP contribution is -2.58. The van der Waals surface area contributed by atoms with Gasteiger partial charge in [-0.3, -0.25) is 4.90 Å². The van der Waals surface area contributed by atoms with Crippen LogP contribution in [0.3, 0.4) is 0 Å². The zero-order chi connectivity index (χ0) is 26.3. The van der Waals surface area contributed by atoms with Crippen LogP contribution in [0.25, 0.3) is 0 Å². The van der Waals surface area contributed by atoms with Gasteiger partial charge in [0.1, 0.15) is 0 Å². The zero-order valence-corrected chi connectivity index (χ0v) is 23.8. The van der Waals surface area contributed by atoms with E-state index in [-0.39, 0.29) is 22.7 Å². The molecule has 2 saturated heterocycles. The molecule has 2 heterocycles. The number of hydrogen-bond donors (Lipinski definition) is 2. The zero-order valence-electron chi connectivity index (χ0n) is 23.8. The van der Waals surface area contributed by atoms with Crippen LogP contribution in [0.5, 0.6) is 0 Å². The van der Waals surface area contributed by atoms with Gasteiger partial charge in [-0.25, -0.2) is 0 Å².